The number of fused-ring (bicyclic) bond motifs is 1. The number of hydrogen-bond donors (Lipinski definition) is 1. The quantitative estimate of drug-likeness (QED) is 0.854. The Hall–Kier alpha value is -1.36. The van der Waals surface area contributed by atoms with Crippen molar-refractivity contribution in [1.82, 2.24) is 0 Å². The molecule has 1 aromatic carbocycles. The molecule has 1 N–H and O–H groups in total. The Morgan fingerprint density at radius 3 is 2.76 bits per heavy atom. The number of carbonyl (C=O) groups is 1. The molecule has 1 aliphatic rings. The van der Waals surface area contributed by atoms with Gasteiger partial charge in [-0.1, -0.05) is 41.9 Å². The van der Waals surface area contributed by atoms with Crippen LogP contribution in [0.1, 0.15) is 19.4 Å². The highest BCUT2D eigenvalue weighted by molar-refractivity contribution is 9.10. The van der Waals surface area contributed by atoms with Gasteiger partial charge in [0.15, 0.2) is 11.6 Å². The Bertz CT molecular complexity index is 432. The van der Waals surface area contributed by atoms with E-state index in [9.17, 15) is 4.79 Å². The van der Waals surface area contributed by atoms with Crippen LogP contribution < -0.4 is 4.74 Å². The van der Waals surface area contributed by atoms with Crippen molar-refractivity contribution in [2.45, 2.75) is 18.7 Å². The number of benzene rings is 1. The number of carboxylic acids is 1. The van der Waals surface area contributed by atoms with Crippen molar-refractivity contribution < 1.29 is 14.6 Å². The van der Waals surface area contributed by atoms with Crippen LogP contribution in [0.2, 0.25) is 0 Å². The molecule has 5 heteroatoms. The van der Waals surface area contributed by atoms with E-state index in [1.54, 1.807) is 12.1 Å². The summed E-state index contributed by atoms with van der Waals surface area (Å²) in [4.78, 5) is 14.1. The lowest BCUT2D eigenvalue weighted by Gasteiger charge is -2.18. The van der Waals surface area contributed by atoms with Gasteiger partial charge in [0.2, 0.25) is 0 Å². The van der Waals surface area contributed by atoms with Crippen molar-refractivity contribution in [1.29, 1.82) is 0 Å². The van der Waals surface area contributed by atoms with Crippen molar-refractivity contribution in [3.05, 3.63) is 29.8 Å². The molecule has 1 unspecified atom stereocenters. The summed E-state index contributed by atoms with van der Waals surface area (Å²) in [5, 5.41) is 8.89. The maximum Gasteiger partial charge on any atom is 0.323 e. The fraction of sp³-hybridized carbons (Fsp3) is 0.333. The van der Waals surface area contributed by atoms with Crippen molar-refractivity contribution >= 4 is 27.6 Å². The Morgan fingerprint density at radius 1 is 1.47 bits per heavy atom. The topological polar surface area (TPSA) is 58.9 Å². The normalized spacial score (nSPS) is 14.4. The van der Waals surface area contributed by atoms with E-state index in [0.29, 0.717) is 11.5 Å². The van der Waals surface area contributed by atoms with E-state index in [2.05, 4.69) is 20.9 Å². The summed E-state index contributed by atoms with van der Waals surface area (Å²) in [5.74, 6) is -0.279. The number of aliphatic carboxylic acids is 1. The van der Waals surface area contributed by atoms with Gasteiger partial charge in [0, 0.05) is 5.56 Å². The predicted molar refractivity (Wildman–Crippen MR) is 70.2 cm³/mol. The molecule has 0 aromatic heterocycles. The molecular formula is C12H14BrNO3. The van der Waals surface area contributed by atoms with Gasteiger partial charge in [-0.25, -0.2) is 4.99 Å². The monoisotopic (exact) mass is 299 g/mol. The molecule has 0 fully saturated rings. The highest BCUT2D eigenvalue weighted by Gasteiger charge is 2.26. The lowest BCUT2D eigenvalue weighted by atomic mass is 10.1. The maximum atomic E-state index is 10.8. The molecule has 0 saturated heterocycles. The number of para-hydroxylation sites is 1. The molecule has 4 nitrogen and oxygen atoms in total. The Kier molecular flexibility index (Phi) is 5.15. The first-order chi connectivity index (χ1) is 8.20. The number of hydrogen-bond acceptors (Lipinski definition) is 3. The van der Waals surface area contributed by atoms with Gasteiger partial charge >= 0.3 is 5.97 Å². The highest BCUT2D eigenvalue weighted by Crippen LogP contribution is 2.25. The summed E-state index contributed by atoms with van der Waals surface area (Å²) in [6, 6.07) is 7.26. The zero-order valence-electron chi connectivity index (χ0n) is 9.68. The molecule has 0 saturated carbocycles. The lowest BCUT2D eigenvalue weighted by molar-refractivity contribution is -0.134. The van der Waals surface area contributed by atoms with Gasteiger partial charge in [-0.05, 0) is 12.1 Å². The second-order valence-electron chi connectivity index (χ2n) is 3.01. The molecule has 0 radical (unpaired) electrons. The van der Waals surface area contributed by atoms with Crippen molar-refractivity contribution in [3.63, 3.8) is 0 Å². The minimum absolute atomic E-state index is 0.168. The van der Waals surface area contributed by atoms with E-state index in [-0.39, 0.29) is 6.73 Å². The third-order valence-corrected chi connectivity index (χ3v) is 2.90. The van der Waals surface area contributed by atoms with E-state index in [1.165, 1.54) is 0 Å². The van der Waals surface area contributed by atoms with Gasteiger partial charge in [0.1, 0.15) is 5.75 Å². The number of alkyl halides is 1. The number of aliphatic imine (C=N–C) groups is 1. The number of halogens is 1. The number of carboxylic acid groups (broad SMARTS) is 1. The summed E-state index contributed by atoms with van der Waals surface area (Å²) in [7, 11) is 0. The first kappa shape index (κ1) is 13.7. The number of ether oxygens (including phenoxy) is 1. The van der Waals surface area contributed by atoms with Crippen LogP contribution in [0.15, 0.2) is 29.3 Å². The zero-order valence-corrected chi connectivity index (χ0v) is 11.3. The Morgan fingerprint density at radius 2 is 2.12 bits per heavy atom. The van der Waals surface area contributed by atoms with E-state index >= 15 is 0 Å². The molecule has 2 rings (SSSR count). The Labute approximate surface area is 108 Å². The molecule has 0 amide bonds. The van der Waals surface area contributed by atoms with Crippen LogP contribution >= 0.6 is 15.9 Å². The fourth-order valence-electron chi connectivity index (χ4n) is 1.39. The van der Waals surface area contributed by atoms with Crippen molar-refractivity contribution in [2.75, 3.05) is 6.73 Å². The van der Waals surface area contributed by atoms with Crippen molar-refractivity contribution in [3.8, 4) is 5.75 Å². The molecule has 1 heterocycles. The van der Waals surface area contributed by atoms with Gasteiger partial charge < -0.3 is 9.84 Å². The molecule has 0 spiro atoms. The van der Waals surface area contributed by atoms with Gasteiger partial charge in [0.25, 0.3) is 0 Å². The number of rotatable bonds is 2. The molecule has 1 aromatic rings. The minimum atomic E-state index is -0.953. The first-order valence-corrected chi connectivity index (χ1v) is 6.25. The Balaban J connectivity index is 0.000000686. The highest BCUT2D eigenvalue weighted by atomic mass is 79.9. The van der Waals surface area contributed by atoms with Crippen LogP contribution in [0.4, 0.5) is 0 Å². The molecule has 17 heavy (non-hydrogen) atoms. The van der Waals surface area contributed by atoms with E-state index in [1.807, 2.05) is 26.0 Å². The number of nitrogens with zero attached hydrogens (tertiary/aromatic N) is 1. The molecule has 0 bridgehead atoms. The molecule has 92 valence electrons. The van der Waals surface area contributed by atoms with Crippen LogP contribution in [-0.4, -0.2) is 28.3 Å². The van der Waals surface area contributed by atoms with Crippen LogP contribution in [0, 0.1) is 0 Å². The largest absolute Gasteiger partial charge is 0.480 e. The molecule has 0 aliphatic carbocycles. The molecule has 1 atom stereocenters. The van der Waals surface area contributed by atoms with Crippen LogP contribution in [0.3, 0.4) is 0 Å². The van der Waals surface area contributed by atoms with Gasteiger partial charge in [-0.3, -0.25) is 4.79 Å². The zero-order chi connectivity index (χ0) is 12.8. The average molecular weight is 300 g/mol. The summed E-state index contributed by atoms with van der Waals surface area (Å²) in [5.41, 5.74) is 1.23. The second kappa shape index (κ2) is 6.39. The molecular weight excluding hydrogens is 286 g/mol. The molecule has 1 aliphatic heterocycles. The smallest absolute Gasteiger partial charge is 0.323 e. The second-order valence-corrected chi connectivity index (χ2v) is 3.93. The third-order valence-electron chi connectivity index (χ3n) is 2.07. The SMILES string of the molecule is CC.O=C(O)C(Br)C1=NCOc2ccccc21. The summed E-state index contributed by atoms with van der Waals surface area (Å²) >= 11 is 3.09. The predicted octanol–water partition coefficient (Wildman–Crippen LogP) is 2.70. The van der Waals surface area contributed by atoms with E-state index in [0.717, 1.165) is 5.56 Å². The van der Waals surface area contributed by atoms with Gasteiger partial charge in [-0.2, -0.15) is 0 Å². The first-order valence-electron chi connectivity index (χ1n) is 5.33. The van der Waals surface area contributed by atoms with Crippen LogP contribution in [0.25, 0.3) is 0 Å². The fourth-order valence-corrected chi connectivity index (χ4v) is 1.79. The third kappa shape index (κ3) is 3.06. The van der Waals surface area contributed by atoms with E-state index in [4.69, 9.17) is 9.84 Å². The van der Waals surface area contributed by atoms with Crippen LogP contribution in [-0.2, 0) is 4.79 Å². The lowest BCUT2D eigenvalue weighted by Crippen LogP contribution is -2.28. The summed E-state index contributed by atoms with van der Waals surface area (Å²) in [6.07, 6.45) is 0. The van der Waals surface area contributed by atoms with Gasteiger partial charge in [0.05, 0.1) is 5.71 Å². The van der Waals surface area contributed by atoms with E-state index < -0.39 is 10.8 Å². The standard InChI is InChI=1S/C10H8BrNO3.C2H6/c11-8(10(13)14)9-6-3-1-2-4-7(6)15-5-12-9;1-2/h1-4,8H,5H2,(H,13,14);1-2H3. The average Bonchev–Trinajstić information content (AvgIpc) is 2.39. The maximum absolute atomic E-state index is 10.8. The van der Waals surface area contributed by atoms with Gasteiger partial charge in [-0.15, -0.1) is 0 Å². The van der Waals surface area contributed by atoms with Crippen LogP contribution in [0.5, 0.6) is 5.75 Å². The van der Waals surface area contributed by atoms with Crippen molar-refractivity contribution in [2.24, 2.45) is 4.99 Å². The minimum Gasteiger partial charge on any atom is -0.480 e. The summed E-state index contributed by atoms with van der Waals surface area (Å²) < 4.78 is 5.28. The summed E-state index contributed by atoms with van der Waals surface area (Å²) in [6.45, 7) is 4.17.